The first kappa shape index (κ1) is 22.9. The first-order valence-corrected chi connectivity index (χ1v) is 13.0. The Hall–Kier alpha value is -3.27. The molecule has 3 aromatic rings. The molecule has 10 heteroatoms. The van der Waals surface area contributed by atoms with E-state index in [1.54, 1.807) is 25.6 Å². The lowest BCUT2D eigenvalue weighted by Gasteiger charge is -2.39. The van der Waals surface area contributed by atoms with Gasteiger partial charge >= 0.3 is 0 Å². The van der Waals surface area contributed by atoms with Crippen LogP contribution in [0.1, 0.15) is 22.5 Å². The van der Waals surface area contributed by atoms with E-state index >= 15 is 0 Å². The number of halogens is 1. The molecule has 2 saturated heterocycles. The number of pyridine rings is 1. The lowest BCUT2D eigenvalue weighted by molar-refractivity contribution is -0.137. The highest BCUT2D eigenvalue weighted by atomic mass is 35.5. The molecule has 0 saturated carbocycles. The summed E-state index contributed by atoms with van der Waals surface area (Å²) in [7, 11) is 1.58. The Morgan fingerprint density at radius 3 is 3.05 bits per heavy atom. The highest BCUT2D eigenvalue weighted by molar-refractivity contribution is 6.32. The van der Waals surface area contributed by atoms with Crippen LogP contribution in [0.15, 0.2) is 36.7 Å². The number of amides is 1. The van der Waals surface area contributed by atoms with Crippen LogP contribution in [0, 0.1) is 5.92 Å². The molecule has 2 unspecified atom stereocenters. The Labute approximate surface area is 219 Å². The lowest BCUT2D eigenvalue weighted by atomic mass is 9.79. The number of benzene rings is 1. The molecular weight excluding hydrogens is 494 g/mol. The third-order valence-electron chi connectivity index (χ3n) is 8.21. The quantitative estimate of drug-likeness (QED) is 0.484. The zero-order valence-corrected chi connectivity index (χ0v) is 21.2. The van der Waals surface area contributed by atoms with Gasteiger partial charge in [0.05, 0.1) is 53.7 Å². The second-order valence-electron chi connectivity index (χ2n) is 10.3. The number of carbonyl (C=O) groups is 1. The van der Waals surface area contributed by atoms with E-state index in [0.29, 0.717) is 52.5 Å². The first-order valence-electron chi connectivity index (χ1n) is 12.6. The summed E-state index contributed by atoms with van der Waals surface area (Å²) in [6.07, 6.45) is 4.47. The predicted molar refractivity (Wildman–Crippen MR) is 139 cm³/mol. The predicted octanol–water partition coefficient (Wildman–Crippen LogP) is 3.58. The molecule has 2 aromatic heterocycles. The Kier molecular flexibility index (Phi) is 5.35. The van der Waals surface area contributed by atoms with E-state index in [9.17, 15) is 4.79 Å². The number of aromatic amines is 1. The number of hydrogen-bond acceptors (Lipinski definition) is 7. The molecule has 37 heavy (non-hydrogen) atoms. The minimum Gasteiger partial charge on any atom is -0.493 e. The second-order valence-corrected chi connectivity index (χ2v) is 10.7. The maximum absolute atomic E-state index is 13.5. The molecular formula is C27H28ClN5O4. The van der Waals surface area contributed by atoms with Gasteiger partial charge in [-0.3, -0.25) is 9.78 Å². The van der Waals surface area contributed by atoms with Gasteiger partial charge < -0.3 is 34.7 Å². The van der Waals surface area contributed by atoms with Gasteiger partial charge in [-0.25, -0.2) is 0 Å². The third-order valence-corrected chi connectivity index (χ3v) is 8.51. The number of nitrogens with one attached hydrogen (secondary N) is 3. The van der Waals surface area contributed by atoms with Crippen LogP contribution in [0.4, 0.5) is 11.4 Å². The largest absolute Gasteiger partial charge is 0.493 e. The second kappa shape index (κ2) is 8.65. The molecule has 6 heterocycles. The van der Waals surface area contributed by atoms with E-state index in [2.05, 4.69) is 25.5 Å². The summed E-state index contributed by atoms with van der Waals surface area (Å²) >= 11 is 6.44. The van der Waals surface area contributed by atoms with E-state index in [-0.39, 0.29) is 17.4 Å². The SMILES string of the molecule is COc1c(Cl)cccc1Nc1c2[nH]c3c1C(=O)NC[C@]31CCN(CC3CO[C@H]3COc3cnccc3-2)C1. The van der Waals surface area contributed by atoms with Crippen molar-refractivity contribution in [2.75, 3.05) is 51.8 Å². The zero-order chi connectivity index (χ0) is 25.1. The van der Waals surface area contributed by atoms with Crippen molar-refractivity contribution in [2.45, 2.75) is 17.9 Å². The van der Waals surface area contributed by atoms with Gasteiger partial charge in [-0.05, 0) is 31.2 Å². The van der Waals surface area contributed by atoms with E-state index in [1.807, 2.05) is 18.2 Å². The maximum Gasteiger partial charge on any atom is 0.255 e. The molecule has 4 bridgehead atoms. The molecule has 4 atom stereocenters. The van der Waals surface area contributed by atoms with Gasteiger partial charge in [-0.1, -0.05) is 17.7 Å². The van der Waals surface area contributed by atoms with Crippen LogP contribution in [-0.4, -0.2) is 73.4 Å². The molecule has 1 amide bonds. The van der Waals surface area contributed by atoms with Crippen LogP contribution in [0.3, 0.4) is 0 Å². The minimum atomic E-state index is -0.210. The Balaban J connectivity index is 1.44. The van der Waals surface area contributed by atoms with Crippen LogP contribution < -0.4 is 20.1 Å². The Morgan fingerprint density at radius 2 is 2.22 bits per heavy atom. The summed E-state index contributed by atoms with van der Waals surface area (Å²) in [5.41, 5.74) is 4.29. The average molecular weight is 522 g/mol. The molecule has 4 aliphatic rings. The van der Waals surface area contributed by atoms with Gasteiger partial charge in [0.1, 0.15) is 12.4 Å². The van der Waals surface area contributed by atoms with Crippen molar-refractivity contribution in [1.82, 2.24) is 20.2 Å². The number of ether oxygens (including phenoxy) is 3. The number of para-hydroxylation sites is 1. The fourth-order valence-electron chi connectivity index (χ4n) is 6.22. The smallest absolute Gasteiger partial charge is 0.255 e. The van der Waals surface area contributed by atoms with Crippen LogP contribution in [0.25, 0.3) is 11.3 Å². The van der Waals surface area contributed by atoms with Crippen LogP contribution in [-0.2, 0) is 10.2 Å². The molecule has 3 N–H and O–H groups in total. The van der Waals surface area contributed by atoms with E-state index < -0.39 is 0 Å². The van der Waals surface area contributed by atoms with Crippen LogP contribution in [0.5, 0.6) is 11.5 Å². The van der Waals surface area contributed by atoms with Crippen molar-refractivity contribution in [3.8, 4) is 22.8 Å². The van der Waals surface area contributed by atoms with Gasteiger partial charge in [-0.2, -0.15) is 0 Å². The maximum atomic E-state index is 13.5. The minimum absolute atomic E-state index is 0.0543. The lowest BCUT2D eigenvalue weighted by Crippen LogP contribution is -2.51. The summed E-state index contributed by atoms with van der Waals surface area (Å²) in [6, 6.07) is 7.43. The summed E-state index contributed by atoms with van der Waals surface area (Å²) in [5.74, 6) is 1.47. The number of carbonyl (C=O) groups excluding carboxylic acids is 1. The van der Waals surface area contributed by atoms with Gasteiger partial charge in [0.2, 0.25) is 0 Å². The van der Waals surface area contributed by atoms with E-state index in [0.717, 1.165) is 49.6 Å². The number of anilines is 2. The first-order chi connectivity index (χ1) is 18.1. The highest BCUT2D eigenvalue weighted by Crippen LogP contribution is 2.48. The number of aromatic nitrogens is 2. The number of rotatable bonds is 3. The number of hydrogen-bond donors (Lipinski definition) is 3. The molecule has 9 nitrogen and oxygen atoms in total. The molecule has 0 radical (unpaired) electrons. The fourth-order valence-corrected chi connectivity index (χ4v) is 6.47. The molecule has 2 fully saturated rings. The van der Waals surface area contributed by atoms with Crippen molar-refractivity contribution in [2.24, 2.45) is 5.92 Å². The number of methoxy groups -OCH3 is 1. The van der Waals surface area contributed by atoms with Crippen molar-refractivity contribution in [1.29, 1.82) is 0 Å². The average Bonchev–Trinajstić information content (AvgIpc) is 3.48. The summed E-state index contributed by atoms with van der Waals surface area (Å²) in [6.45, 7) is 4.60. The van der Waals surface area contributed by atoms with Gasteiger partial charge in [0, 0.05) is 48.4 Å². The fraction of sp³-hybridized carbons (Fsp3) is 0.407. The molecule has 1 aromatic carbocycles. The highest BCUT2D eigenvalue weighted by Gasteiger charge is 2.49. The Bertz CT molecular complexity index is 1390. The van der Waals surface area contributed by atoms with E-state index in [1.165, 1.54) is 0 Å². The molecule has 192 valence electrons. The van der Waals surface area contributed by atoms with Crippen LogP contribution >= 0.6 is 11.6 Å². The standard InChI is InChI=1S/C27H28ClN5O4/c1-35-24-17(28)3-2-4-18(24)31-23-21-25-27(13-30-26(21)34)6-8-33(14-27)10-15-11-36-20(15)12-37-19-9-29-7-5-16(19)22(23)32-25/h2-5,7,9,15,20,31-32H,6,8,10-14H2,1H3,(H,30,34)/t15?,20-,27-/m0/s1. The molecule has 1 spiro atoms. The van der Waals surface area contributed by atoms with Crippen molar-refractivity contribution < 1.29 is 19.0 Å². The van der Waals surface area contributed by atoms with Gasteiger partial charge in [0.15, 0.2) is 5.75 Å². The monoisotopic (exact) mass is 521 g/mol. The van der Waals surface area contributed by atoms with Crippen molar-refractivity contribution >= 4 is 28.9 Å². The van der Waals surface area contributed by atoms with Crippen molar-refractivity contribution in [3.05, 3.63) is 52.9 Å². The van der Waals surface area contributed by atoms with Crippen LogP contribution in [0.2, 0.25) is 5.02 Å². The number of H-pyrrole nitrogens is 1. The summed E-state index contributed by atoms with van der Waals surface area (Å²) in [4.78, 5) is 24.0. The molecule has 0 aliphatic carbocycles. The molecule has 7 rings (SSSR count). The third kappa shape index (κ3) is 3.59. The Morgan fingerprint density at radius 1 is 1.30 bits per heavy atom. The number of nitrogens with zero attached hydrogens (tertiary/aromatic N) is 2. The zero-order valence-electron chi connectivity index (χ0n) is 20.5. The summed E-state index contributed by atoms with van der Waals surface area (Å²) < 4.78 is 17.8. The van der Waals surface area contributed by atoms with Gasteiger partial charge in [-0.15, -0.1) is 0 Å². The topological polar surface area (TPSA) is 101 Å². The summed E-state index contributed by atoms with van der Waals surface area (Å²) in [5, 5.41) is 7.17. The normalized spacial score (nSPS) is 27.7. The van der Waals surface area contributed by atoms with Crippen molar-refractivity contribution in [3.63, 3.8) is 0 Å². The van der Waals surface area contributed by atoms with Gasteiger partial charge in [0.25, 0.3) is 5.91 Å². The van der Waals surface area contributed by atoms with E-state index in [4.69, 9.17) is 25.8 Å². The number of fused-ring (bicyclic) bond motifs is 5. The molecule has 4 aliphatic heterocycles.